The van der Waals surface area contributed by atoms with E-state index in [4.69, 9.17) is 4.74 Å². The summed E-state index contributed by atoms with van der Waals surface area (Å²) in [5.74, 6) is 0.885. The molecule has 1 saturated heterocycles. The SMILES string of the molecule is O=C(c1ccc(-c2ccn[nH]2)cc1)N1CCOC(CC2CCCCC2)C1. The van der Waals surface area contributed by atoms with E-state index in [0.717, 1.165) is 35.7 Å². The van der Waals surface area contributed by atoms with Crippen LogP contribution in [0.4, 0.5) is 0 Å². The van der Waals surface area contributed by atoms with Crippen LogP contribution >= 0.6 is 0 Å². The van der Waals surface area contributed by atoms with Crippen LogP contribution in [0, 0.1) is 5.92 Å². The maximum atomic E-state index is 12.9. The standard InChI is InChI=1S/C21H27N3O2/c25-21(18-8-6-17(7-9-18)20-10-11-22-23-20)24-12-13-26-19(15-24)14-16-4-2-1-3-5-16/h6-11,16,19H,1-5,12-15H2,(H,22,23). The normalized spacial score (nSPS) is 21.7. The Morgan fingerprint density at radius 1 is 1.15 bits per heavy atom. The zero-order valence-corrected chi connectivity index (χ0v) is 15.2. The van der Waals surface area contributed by atoms with Crippen molar-refractivity contribution in [2.24, 2.45) is 5.92 Å². The first kappa shape index (κ1) is 17.3. The van der Waals surface area contributed by atoms with Gasteiger partial charge in [-0.3, -0.25) is 9.89 Å². The molecule has 2 fully saturated rings. The first-order chi connectivity index (χ1) is 12.8. The number of morpholine rings is 1. The van der Waals surface area contributed by atoms with E-state index >= 15 is 0 Å². The Morgan fingerprint density at radius 2 is 1.96 bits per heavy atom. The van der Waals surface area contributed by atoms with Crippen LogP contribution in [-0.4, -0.2) is 46.8 Å². The molecule has 138 valence electrons. The van der Waals surface area contributed by atoms with Crippen LogP contribution in [0.1, 0.15) is 48.9 Å². The monoisotopic (exact) mass is 353 g/mol. The molecule has 0 radical (unpaired) electrons. The number of nitrogens with one attached hydrogen (secondary N) is 1. The summed E-state index contributed by atoms with van der Waals surface area (Å²) in [6.45, 7) is 2.05. The van der Waals surface area contributed by atoms with Gasteiger partial charge in [0.2, 0.25) is 0 Å². The molecule has 1 aromatic heterocycles. The number of benzene rings is 1. The van der Waals surface area contributed by atoms with Gasteiger partial charge < -0.3 is 9.64 Å². The molecule has 1 aromatic carbocycles. The molecule has 4 rings (SSSR count). The van der Waals surface area contributed by atoms with Crippen LogP contribution in [0.3, 0.4) is 0 Å². The van der Waals surface area contributed by atoms with E-state index in [1.807, 2.05) is 35.2 Å². The van der Waals surface area contributed by atoms with Crippen LogP contribution in [0.2, 0.25) is 0 Å². The summed E-state index contributed by atoms with van der Waals surface area (Å²) in [4.78, 5) is 14.8. The Kier molecular flexibility index (Phi) is 5.34. The number of nitrogens with zero attached hydrogens (tertiary/aromatic N) is 2. The molecule has 2 aliphatic rings. The highest BCUT2D eigenvalue weighted by molar-refractivity contribution is 5.94. The lowest BCUT2D eigenvalue weighted by molar-refractivity contribution is -0.0337. The highest BCUT2D eigenvalue weighted by atomic mass is 16.5. The lowest BCUT2D eigenvalue weighted by Gasteiger charge is -2.35. The molecule has 1 aliphatic heterocycles. The van der Waals surface area contributed by atoms with Crippen LogP contribution in [0.25, 0.3) is 11.3 Å². The average Bonchev–Trinajstić information content (AvgIpc) is 3.23. The fourth-order valence-corrected chi connectivity index (χ4v) is 4.23. The van der Waals surface area contributed by atoms with Gasteiger partial charge in [0.05, 0.1) is 18.4 Å². The summed E-state index contributed by atoms with van der Waals surface area (Å²) < 4.78 is 5.96. The first-order valence-electron chi connectivity index (χ1n) is 9.80. The van der Waals surface area contributed by atoms with Gasteiger partial charge in [0.1, 0.15) is 0 Å². The molecule has 0 bridgehead atoms. The number of ether oxygens (including phenoxy) is 1. The number of rotatable bonds is 4. The molecule has 0 spiro atoms. The van der Waals surface area contributed by atoms with Gasteiger partial charge >= 0.3 is 0 Å². The molecule has 26 heavy (non-hydrogen) atoms. The molecular formula is C21H27N3O2. The van der Waals surface area contributed by atoms with Crippen molar-refractivity contribution in [1.82, 2.24) is 15.1 Å². The minimum absolute atomic E-state index is 0.109. The number of aromatic nitrogens is 2. The second-order valence-electron chi connectivity index (χ2n) is 7.53. The smallest absolute Gasteiger partial charge is 0.254 e. The third-order valence-corrected chi connectivity index (χ3v) is 5.69. The van der Waals surface area contributed by atoms with E-state index in [1.165, 1.54) is 32.1 Å². The summed E-state index contributed by atoms with van der Waals surface area (Å²) in [6, 6.07) is 9.68. The Morgan fingerprint density at radius 3 is 2.69 bits per heavy atom. The average molecular weight is 353 g/mol. The van der Waals surface area contributed by atoms with Crippen molar-refractivity contribution >= 4 is 5.91 Å². The van der Waals surface area contributed by atoms with E-state index < -0.39 is 0 Å². The van der Waals surface area contributed by atoms with Crippen molar-refractivity contribution in [2.75, 3.05) is 19.7 Å². The highest BCUT2D eigenvalue weighted by Gasteiger charge is 2.27. The van der Waals surface area contributed by atoms with E-state index in [1.54, 1.807) is 6.20 Å². The fourth-order valence-electron chi connectivity index (χ4n) is 4.23. The lowest BCUT2D eigenvalue weighted by Crippen LogP contribution is -2.46. The number of H-pyrrole nitrogens is 1. The van der Waals surface area contributed by atoms with Gasteiger partial charge in [0, 0.05) is 24.8 Å². The molecule has 1 aliphatic carbocycles. The van der Waals surface area contributed by atoms with Gasteiger partial charge in [-0.1, -0.05) is 44.2 Å². The molecule has 1 amide bonds. The molecule has 5 nitrogen and oxygen atoms in total. The lowest BCUT2D eigenvalue weighted by atomic mass is 9.85. The van der Waals surface area contributed by atoms with Crippen molar-refractivity contribution in [2.45, 2.75) is 44.6 Å². The van der Waals surface area contributed by atoms with Gasteiger partial charge in [0.15, 0.2) is 0 Å². The van der Waals surface area contributed by atoms with Crippen molar-refractivity contribution < 1.29 is 9.53 Å². The number of aromatic amines is 1. The van der Waals surface area contributed by atoms with Gasteiger partial charge in [-0.05, 0) is 36.1 Å². The van der Waals surface area contributed by atoms with Crippen LogP contribution in [0.15, 0.2) is 36.5 Å². The first-order valence-corrected chi connectivity index (χ1v) is 9.80. The Balaban J connectivity index is 1.37. The zero-order chi connectivity index (χ0) is 17.8. The molecule has 1 atom stereocenters. The van der Waals surface area contributed by atoms with Gasteiger partial charge in [-0.15, -0.1) is 0 Å². The third kappa shape index (κ3) is 3.98. The Bertz CT molecular complexity index is 705. The van der Waals surface area contributed by atoms with E-state index in [9.17, 15) is 4.79 Å². The minimum atomic E-state index is 0.109. The summed E-state index contributed by atoms with van der Waals surface area (Å²) in [5, 5.41) is 6.92. The minimum Gasteiger partial charge on any atom is -0.375 e. The maximum absolute atomic E-state index is 12.9. The molecular weight excluding hydrogens is 326 g/mol. The number of amides is 1. The molecule has 2 heterocycles. The zero-order valence-electron chi connectivity index (χ0n) is 15.2. The summed E-state index contributed by atoms with van der Waals surface area (Å²) >= 11 is 0. The number of hydrogen-bond acceptors (Lipinski definition) is 3. The number of hydrogen-bond donors (Lipinski definition) is 1. The third-order valence-electron chi connectivity index (χ3n) is 5.69. The van der Waals surface area contributed by atoms with Crippen molar-refractivity contribution in [3.05, 3.63) is 42.1 Å². The predicted molar refractivity (Wildman–Crippen MR) is 101 cm³/mol. The maximum Gasteiger partial charge on any atom is 0.254 e. The van der Waals surface area contributed by atoms with Crippen LogP contribution in [0.5, 0.6) is 0 Å². The van der Waals surface area contributed by atoms with E-state index in [2.05, 4.69) is 10.2 Å². The Hall–Kier alpha value is -2.14. The summed E-state index contributed by atoms with van der Waals surface area (Å²) in [5.41, 5.74) is 2.74. The molecule has 5 heteroatoms. The van der Waals surface area contributed by atoms with Crippen LogP contribution in [-0.2, 0) is 4.74 Å². The summed E-state index contributed by atoms with van der Waals surface area (Å²) in [6.07, 6.45) is 9.75. The van der Waals surface area contributed by atoms with E-state index in [-0.39, 0.29) is 12.0 Å². The van der Waals surface area contributed by atoms with Gasteiger partial charge in [-0.25, -0.2) is 0 Å². The highest BCUT2D eigenvalue weighted by Crippen LogP contribution is 2.29. The predicted octanol–water partition coefficient (Wildman–Crippen LogP) is 3.89. The van der Waals surface area contributed by atoms with E-state index in [0.29, 0.717) is 13.2 Å². The number of carbonyl (C=O) groups excluding carboxylic acids is 1. The van der Waals surface area contributed by atoms with Gasteiger partial charge in [-0.2, -0.15) is 5.10 Å². The van der Waals surface area contributed by atoms with Crippen LogP contribution < -0.4 is 0 Å². The van der Waals surface area contributed by atoms with Gasteiger partial charge in [0.25, 0.3) is 5.91 Å². The topological polar surface area (TPSA) is 58.2 Å². The molecule has 1 saturated carbocycles. The second kappa shape index (κ2) is 8.04. The molecule has 2 aromatic rings. The molecule has 1 N–H and O–H groups in total. The summed E-state index contributed by atoms with van der Waals surface area (Å²) in [7, 11) is 0. The Labute approximate surface area is 154 Å². The number of carbonyl (C=O) groups is 1. The second-order valence-corrected chi connectivity index (χ2v) is 7.53. The largest absolute Gasteiger partial charge is 0.375 e. The van der Waals surface area contributed by atoms with Crippen molar-refractivity contribution in [1.29, 1.82) is 0 Å². The van der Waals surface area contributed by atoms with Crippen molar-refractivity contribution in [3.8, 4) is 11.3 Å². The quantitative estimate of drug-likeness (QED) is 0.907. The fraction of sp³-hybridized carbons (Fsp3) is 0.524. The molecule has 1 unspecified atom stereocenters. The van der Waals surface area contributed by atoms with Crippen molar-refractivity contribution in [3.63, 3.8) is 0 Å².